The molecule has 2 N–H and O–H groups in total. The Hall–Kier alpha value is -3.78. The molecule has 14 heteroatoms. The average molecular weight is 679 g/mol. The number of hydrogen-bond acceptors (Lipinski definition) is 10. The van der Waals surface area contributed by atoms with E-state index in [1.54, 1.807) is 51.3 Å². The van der Waals surface area contributed by atoms with Crippen LogP contribution in [0.2, 0.25) is 0 Å². The number of carbonyl (C=O) groups is 6. The highest BCUT2D eigenvalue weighted by Gasteiger charge is 2.30. The molecule has 0 radical (unpaired) electrons. The second-order valence-corrected chi connectivity index (χ2v) is 13.0. The second-order valence-electron chi connectivity index (χ2n) is 11.0. The zero-order valence-electron chi connectivity index (χ0n) is 28.4. The lowest BCUT2D eigenvalue weighted by atomic mass is 10.1. The van der Waals surface area contributed by atoms with Gasteiger partial charge in [-0.3, -0.25) is 19.2 Å². The van der Waals surface area contributed by atoms with Gasteiger partial charge in [0.25, 0.3) is 11.8 Å². The van der Waals surface area contributed by atoms with E-state index in [4.69, 9.17) is 9.47 Å². The molecule has 2 aromatic heterocycles. The molecule has 254 valence electrons. The third kappa shape index (κ3) is 9.38. The monoisotopic (exact) mass is 678 g/mol. The Morgan fingerprint density at radius 2 is 0.913 bits per heavy atom. The SMILES string of the molecule is CCN(CC)C(=O)c1sc(NC(=O)CCC(=O)Nc2sc(C(=O)N(CC)CC)c(C)c2C(=O)OC(C)C)c(C(=O)OC(C)C)c1C. The van der Waals surface area contributed by atoms with Gasteiger partial charge >= 0.3 is 11.9 Å². The summed E-state index contributed by atoms with van der Waals surface area (Å²) in [7, 11) is 0. The number of nitrogens with one attached hydrogen (secondary N) is 2. The molecule has 0 unspecified atom stereocenters. The fourth-order valence-electron chi connectivity index (χ4n) is 4.56. The van der Waals surface area contributed by atoms with Crippen LogP contribution in [0.4, 0.5) is 10.0 Å². The molecular formula is C32H46N4O8S2. The summed E-state index contributed by atoms with van der Waals surface area (Å²) in [5.74, 6) is -2.98. The highest BCUT2D eigenvalue weighted by Crippen LogP contribution is 2.36. The van der Waals surface area contributed by atoms with Crippen LogP contribution in [0.3, 0.4) is 0 Å². The van der Waals surface area contributed by atoms with Crippen molar-refractivity contribution < 1.29 is 38.2 Å². The Labute approximate surface area is 278 Å². The van der Waals surface area contributed by atoms with Crippen molar-refractivity contribution in [2.75, 3.05) is 36.8 Å². The van der Waals surface area contributed by atoms with E-state index in [0.29, 0.717) is 47.1 Å². The molecule has 2 aromatic rings. The number of hydrogen-bond donors (Lipinski definition) is 2. The van der Waals surface area contributed by atoms with Gasteiger partial charge in [0.2, 0.25) is 11.8 Å². The first-order chi connectivity index (χ1) is 21.6. The van der Waals surface area contributed by atoms with Gasteiger partial charge in [-0.25, -0.2) is 9.59 Å². The topological polar surface area (TPSA) is 151 Å². The number of ether oxygens (including phenoxy) is 2. The van der Waals surface area contributed by atoms with Crippen LogP contribution in [0.5, 0.6) is 0 Å². The Morgan fingerprint density at radius 3 is 1.17 bits per heavy atom. The molecule has 46 heavy (non-hydrogen) atoms. The van der Waals surface area contributed by atoms with Crippen LogP contribution in [0.1, 0.15) is 119 Å². The number of nitrogens with zero attached hydrogens (tertiary/aromatic N) is 2. The number of carbonyl (C=O) groups excluding carboxylic acids is 6. The largest absolute Gasteiger partial charge is 0.459 e. The first-order valence-corrected chi connectivity index (χ1v) is 17.1. The van der Waals surface area contributed by atoms with E-state index in [2.05, 4.69) is 10.6 Å². The highest BCUT2D eigenvalue weighted by molar-refractivity contribution is 7.19. The lowest BCUT2D eigenvalue weighted by molar-refractivity contribution is -0.121. The van der Waals surface area contributed by atoms with Gasteiger partial charge in [0.05, 0.1) is 33.1 Å². The van der Waals surface area contributed by atoms with Gasteiger partial charge in [-0.05, 0) is 80.4 Å². The molecule has 0 aliphatic heterocycles. The van der Waals surface area contributed by atoms with Crippen molar-refractivity contribution in [3.63, 3.8) is 0 Å². The van der Waals surface area contributed by atoms with E-state index >= 15 is 0 Å². The van der Waals surface area contributed by atoms with Gasteiger partial charge < -0.3 is 29.9 Å². The van der Waals surface area contributed by atoms with E-state index in [9.17, 15) is 28.8 Å². The minimum Gasteiger partial charge on any atom is -0.459 e. The minimum absolute atomic E-state index is 0.0970. The molecule has 0 fully saturated rings. The number of thiophene rings is 2. The highest BCUT2D eigenvalue weighted by atomic mass is 32.1. The molecule has 0 atom stereocenters. The maximum atomic E-state index is 13.1. The zero-order chi connectivity index (χ0) is 34.9. The van der Waals surface area contributed by atoms with Crippen molar-refractivity contribution in [2.24, 2.45) is 0 Å². The van der Waals surface area contributed by atoms with Crippen molar-refractivity contribution in [2.45, 2.75) is 94.3 Å². The third-order valence-corrected chi connectivity index (χ3v) is 9.35. The summed E-state index contributed by atoms with van der Waals surface area (Å²) in [6, 6.07) is 0. The van der Waals surface area contributed by atoms with Gasteiger partial charge in [0.1, 0.15) is 10.0 Å². The Kier molecular flexibility index (Phi) is 14.4. The Bertz CT molecular complexity index is 1340. The maximum Gasteiger partial charge on any atom is 0.341 e. The molecule has 4 amide bonds. The van der Waals surface area contributed by atoms with Crippen molar-refractivity contribution in [3.8, 4) is 0 Å². The van der Waals surface area contributed by atoms with Crippen LogP contribution >= 0.6 is 22.7 Å². The van der Waals surface area contributed by atoms with E-state index < -0.39 is 36.0 Å². The van der Waals surface area contributed by atoms with Gasteiger partial charge in [0.15, 0.2) is 0 Å². The molecule has 0 saturated heterocycles. The quantitative estimate of drug-likeness (QED) is 0.222. The summed E-state index contributed by atoms with van der Waals surface area (Å²) in [4.78, 5) is 82.2. The van der Waals surface area contributed by atoms with Crippen molar-refractivity contribution in [3.05, 3.63) is 32.0 Å². The van der Waals surface area contributed by atoms with Crippen LogP contribution in [0, 0.1) is 13.8 Å². The maximum absolute atomic E-state index is 13.1. The standard InChI is InChI=1S/C32H46N4O8S2/c1-11-35(12-2)29(39)25-19(9)23(31(41)43-17(5)6)27(45-25)33-21(37)15-16-22(38)34-28-24(32(42)44-18(7)8)20(10)26(46-28)30(40)36(13-3)14-4/h17-18H,11-16H2,1-10H3,(H,33,37)(H,34,38). The molecule has 0 bridgehead atoms. The second kappa shape index (κ2) is 17.2. The number of anilines is 2. The predicted molar refractivity (Wildman–Crippen MR) is 180 cm³/mol. The molecule has 0 aliphatic rings. The normalized spacial score (nSPS) is 11.0. The van der Waals surface area contributed by atoms with Crippen molar-refractivity contribution in [1.82, 2.24) is 9.80 Å². The van der Waals surface area contributed by atoms with Gasteiger partial charge in [0, 0.05) is 39.0 Å². The smallest absolute Gasteiger partial charge is 0.341 e. The van der Waals surface area contributed by atoms with Gasteiger partial charge in [-0.1, -0.05) is 0 Å². The summed E-state index contributed by atoms with van der Waals surface area (Å²) in [5.41, 5.74) is 1.01. The van der Waals surface area contributed by atoms with Crippen LogP contribution in [-0.2, 0) is 19.1 Å². The van der Waals surface area contributed by atoms with Gasteiger partial charge in [-0.15, -0.1) is 22.7 Å². The van der Waals surface area contributed by atoms with Gasteiger partial charge in [-0.2, -0.15) is 0 Å². The summed E-state index contributed by atoms with van der Waals surface area (Å²) in [6.45, 7) is 19.4. The number of esters is 2. The average Bonchev–Trinajstić information content (AvgIpc) is 3.47. The minimum atomic E-state index is -0.667. The Morgan fingerprint density at radius 1 is 0.609 bits per heavy atom. The zero-order valence-corrected chi connectivity index (χ0v) is 30.0. The first kappa shape index (κ1) is 38.4. The summed E-state index contributed by atoms with van der Waals surface area (Å²) >= 11 is 1.97. The molecule has 0 aliphatic carbocycles. The molecule has 2 heterocycles. The number of rotatable bonds is 15. The first-order valence-electron chi connectivity index (χ1n) is 15.5. The molecule has 0 spiro atoms. The van der Waals surface area contributed by atoms with Crippen molar-refractivity contribution >= 4 is 68.2 Å². The fourth-order valence-corrected chi connectivity index (χ4v) is 6.92. The van der Waals surface area contributed by atoms with Crippen LogP contribution in [0.15, 0.2) is 0 Å². The lowest BCUT2D eigenvalue weighted by Crippen LogP contribution is -2.30. The number of amides is 4. The molecule has 0 aromatic carbocycles. The van der Waals surface area contributed by atoms with E-state index in [1.165, 1.54) is 0 Å². The Balaban J connectivity index is 2.30. The van der Waals surface area contributed by atoms with Crippen molar-refractivity contribution in [1.29, 1.82) is 0 Å². The molecule has 0 saturated carbocycles. The lowest BCUT2D eigenvalue weighted by Gasteiger charge is -2.18. The third-order valence-electron chi connectivity index (χ3n) is 6.96. The fraction of sp³-hybridized carbons (Fsp3) is 0.562. The van der Waals surface area contributed by atoms with Crippen LogP contribution in [-0.4, -0.2) is 83.8 Å². The van der Waals surface area contributed by atoms with E-state index in [1.807, 2.05) is 27.7 Å². The van der Waals surface area contributed by atoms with Crippen LogP contribution in [0.25, 0.3) is 0 Å². The van der Waals surface area contributed by atoms with E-state index in [0.717, 1.165) is 22.7 Å². The van der Waals surface area contributed by atoms with Crippen LogP contribution < -0.4 is 10.6 Å². The predicted octanol–water partition coefficient (Wildman–Crippen LogP) is 5.88. The summed E-state index contributed by atoms with van der Waals surface area (Å²) in [5, 5.41) is 5.70. The van der Waals surface area contributed by atoms with E-state index in [-0.39, 0.29) is 45.8 Å². The molecular weight excluding hydrogens is 633 g/mol. The summed E-state index contributed by atoms with van der Waals surface area (Å²) < 4.78 is 10.8. The molecule has 2 rings (SSSR count). The summed E-state index contributed by atoms with van der Waals surface area (Å²) in [6.07, 6.45) is -1.37. The molecule has 12 nitrogen and oxygen atoms in total.